The SMILES string of the molecule is O=C(Nc1ccc(Cl)cc1OC(=O)c1ccccc1)c1ccccc1. The second-order valence-electron chi connectivity index (χ2n) is 5.22. The number of rotatable bonds is 4. The Hall–Kier alpha value is -3.11. The van der Waals surface area contributed by atoms with Crippen molar-refractivity contribution in [3.05, 3.63) is 95.0 Å². The van der Waals surface area contributed by atoms with E-state index in [1.807, 2.05) is 12.1 Å². The number of benzene rings is 3. The monoisotopic (exact) mass is 351 g/mol. The molecule has 0 aliphatic rings. The molecule has 0 spiro atoms. The fourth-order valence-corrected chi connectivity index (χ4v) is 2.36. The van der Waals surface area contributed by atoms with E-state index in [-0.39, 0.29) is 11.7 Å². The molecule has 3 aromatic carbocycles. The van der Waals surface area contributed by atoms with Gasteiger partial charge in [-0.25, -0.2) is 4.79 Å². The van der Waals surface area contributed by atoms with Crippen molar-refractivity contribution in [3.8, 4) is 5.75 Å². The topological polar surface area (TPSA) is 55.4 Å². The zero-order valence-corrected chi connectivity index (χ0v) is 13.9. The molecule has 3 rings (SSSR count). The summed E-state index contributed by atoms with van der Waals surface area (Å²) < 4.78 is 5.41. The van der Waals surface area contributed by atoms with Crippen LogP contribution in [0.4, 0.5) is 5.69 Å². The Balaban J connectivity index is 1.83. The molecule has 0 heterocycles. The van der Waals surface area contributed by atoms with Crippen LogP contribution in [0.3, 0.4) is 0 Å². The Labute approximate surface area is 150 Å². The summed E-state index contributed by atoms with van der Waals surface area (Å²) >= 11 is 6.00. The average molecular weight is 352 g/mol. The first-order valence-electron chi connectivity index (χ1n) is 7.56. The van der Waals surface area contributed by atoms with Crippen molar-refractivity contribution in [2.75, 3.05) is 5.32 Å². The van der Waals surface area contributed by atoms with Crippen molar-refractivity contribution >= 4 is 29.2 Å². The maximum atomic E-state index is 12.3. The lowest BCUT2D eigenvalue weighted by atomic mass is 10.2. The van der Waals surface area contributed by atoms with Crippen molar-refractivity contribution in [1.29, 1.82) is 0 Å². The molecule has 0 atom stereocenters. The number of hydrogen-bond acceptors (Lipinski definition) is 3. The van der Waals surface area contributed by atoms with E-state index >= 15 is 0 Å². The van der Waals surface area contributed by atoms with Crippen molar-refractivity contribution in [1.82, 2.24) is 0 Å². The zero-order valence-electron chi connectivity index (χ0n) is 13.1. The van der Waals surface area contributed by atoms with Gasteiger partial charge in [-0.2, -0.15) is 0 Å². The molecule has 5 heteroatoms. The first-order valence-corrected chi connectivity index (χ1v) is 7.94. The first-order chi connectivity index (χ1) is 12.1. The van der Waals surface area contributed by atoms with Crippen LogP contribution in [0.15, 0.2) is 78.9 Å². The van der Waals surface area contributed by atoms with Gasteiger partial charge in [0.05, 0.1) is 11.3 Å². The Morgan fingerprint density at radius 2 is 1.40 bits per heavy atom. The zero-order chi connectivity index (χ0) is 17.6. The van der Waals surface area contributed by atoms with Crippen molar-refractivity contribution in [2.45, 2.75) is 0 Å². The summed E-state index contributed by atoms with van der Waals surface area (Å²) in [6.07, 6.45) is 0. The lowest BCUT2D eigenvalue weighted by molar-refractivity contribution is 0.0734. The van der Waals surface area contributed by atoms with Gasteiger partial charge < -0.3 is 10.1 Å². The molecule has 0 radical (unpaired) electrons. The van der Waals surface area contributed by atoms with Gasteiger partial charge in [-0.15, -0.1) is 0 Å². The molecule has 0 unspecified atom stereocenters. The second kappa shape index (κ2) is 7.64. The van der Waals surface area contributed by atoms with E-state index in [1.54, 1.807) is 60.7 Å². The number of carbonyl (C=O) groups is 2. The summed E-state index contributed by atoms with van der Waals surface area (Å²) in [5, 5.41) is 3.13. The molecule has 3 aromatic rings. The van der Waals surface area contributed by atoms with Gasteiger partial charge in [0.2, 0.25) is 0 Å². The number of esters is 1. The van der Waals surface area contributed by atoms with Crippen molar-refractivity contribution < 1.29 is 14.3 Å². The molecule has 0 aliphatic heterocycles. The van der Waals surface area contributed by atoms with Gasteiger partial charge in [0.15, 0.2) is 5.75 Å². The van der Waals surface area contributed by atoms with Crippen LogP contribution in [0.2, 0.25) is 5.02 Å². The van der Waals surface area contributed by atoms with E-state index in [0.717, 1.165) is 0 Å². The smallest absolute Gasteiger partial charge is 0.343 e. The van der Waals surface area contributed by atoms with E-state index < -0.39 is 5.97 Å². The minimum Gasteiger partial charge on any atom is -0.421 e. The predicted octanol–water partition coefficient (Wildman–Crippen LogP) is 4.81. The van der Waals surface area contributed by atoms with Crippen LogP contribution in [0.25, 0.3) is 0 Å². The molecule has 0 bridgehead atoms. The quantitative estimate of drug-likeness (QED) is 0.542. The number of halogens is 1. The summed E-state index contributed by atoms with van der Waals surface area (Å²) in [6, 6.07) is 22.0. The van der Waals surface area contributed by atoms with E-state index in [2.05, 4.69) is 5.32 Å². The molecule has 0 aromatic heterocycles. The van der Waals surface area contributed by atoms with Crippen LogP contribution in [0, 0.1) is 0 Å². The summed E-state index contributed by atoms with van der Waals surface area (Å²) in [5.74, 6) is -0.649. The molecular formula is C20H14ClNO3. The fraction of sp³-hybridized carbons (Fsp3) is 0. The maximum absolute atomic E-state index is 12.3. The largest absolute Gasteiger partial charge is 0.421 e. The van der Waals surface area contributed by atoms with Crippen molar-refractivity contribution in [2.24, 2.45) is 0 Å². The number of hydrogen-bond donors (Lipinski definition) is 1. The summed E-state index contributed by atoms with van der Waals surface area (Å²) in [4.78, 5) is 24.6. The van der Waals surface area contributed by atoms with Gasteiger partial charge in [0.25, 0.3) is 5.91 Å². The number of amides is 1. The molecule has 0 saturated carbocycles. The molecule has 1 amide bonds. The van der Waals surface area contributed by atoms with Gasteiger partial charge in [0, 0.05) is 16.7 Å². The second-order valence-corrected chi connectivity index (χ2v) is 5.65. The lowest BCUT2D eigenvalue weighted by Gasteiger charge is -2.12. The van der Waals surface area contributed by atoms with Gasteiger partial charge in [-0.05, 0) is 36.4 Å². The molecule has 0 aliphatic carbocycles. The van der Waals surface area contributed by atoms with Crippen LogP contribution in [-0.4, -0.2) is 11.9 Å². The van der Waals surface area contributed by atoms with Gasteiger partial charge >= 0.3 is 5.97 Å². The van der Waals surface area contributed by atoms with Gasteiger partial charge in [-0.1, -0.05) is 48.0 Å². The Morgan fingerprint density at radius 3 is 2.04 bits per heavy atom. The number of ether oxygens (including phenoxy) is 1. The third-order valence-electron chi connectivity index (χ3n) is 3.44. The van der Waals surface area contributed by atoms with Crippen molar-refractivity contribution in [3.63, 3.8) is 0 Å². The first kappa shape index (κ1) is 16.7. The highest BCUT2D eigenvalue weighted by Crippen LogP contribution is 2.29. The average Bonchev–Trinajstić information content (AvgIpc) is 2.65. The summed E-state index contributed by atoms with van der Waals surface area (Å²) in [7, 11) is 0. The van der Waals surface area contributed by atoms with Gasteiger partial charge in [0.1, 0.15) is 0 Å². The maximum Gasteiger partial charge on any atom is 0.343 e. The Bertz CT molecular complexity index is 895. The highest BCUT2D eigenvalue weighted by Gasteiger charge is 2.14. The summed E-state index contributed by atoms with van der Waals surface area (Å²) in [6.45, 7) is 0. The van der Waals surface area contributed by atoms with E-state index in [0.29, 0.717) is 21.8 Å². The van der Waals surface area contributed by atoms with E-state index in [1.165, 1.54) is 6.07 Å². The third kappa shape index (κ3) is 4.25. The highest BCUT2D eigenvalue weighted by atomic mass is 35.5. The molecule has 1 N–H and O–H groups in total. The molecular weight excluding hydrogens is 338 g/mol. The van der Waals surface area contributed by atoms with Crippen LogP contribution in [0.5, 0.6) is 5.75 Å². The lowest BCUT2D eigenvalue weighted by Crippen LogP contribution is -2.14. The normalized spacial score (nSPS) is 10.1. The number of anilines is 1. The predicted molar refractivity (Wildman–Crippen MR) is 97.2 cm³/mol. The minimum absolute atomic E-state index is 0.186. The molecule has 0 saturated heterocycles. The number of nitrogens with one attached hydrogen (secondary N) is 1. The minimum atomic E-state index is -0.530. The van der Waals surface area contributed by atoms with E-state index in [4.69, 9.17) is 16.3 Å². The molecule has 25 heavy (non-hydrogen) atoms. The van der Waals surface area contributed by atoms with E-state index in [9.17, 15) is 9.59 Å². The van der Waals surface area contributed by atoms with Gasteiger partial charge in [-0.3, -0.25) is 4.79 Å². The molecule has 124 valence electrons. The van der Waals surface area contributed by atoms with Crippen LogP contribution in [-0.2, 0) is 0 Å². The molecule has 0 fully saturated rings. The van der Waals surface area contributed by atoms with Crippen LogP contribution in [0.1, 0.15) is 20.7 Å². The van der Waals surface area contributed by atoms with Crippen LogP contribution < -0.4 is 10.1 Å². The molecule has 4 nitrogen and oxygen atoms in total. The Morgan fingerprint density at radius 1 is 0.800 bits per heavy atom. The Kier molecular flexibility index (Phi) is 5.11. The van der Waals surface area contributed by atoms with Crippen LogP contribution >= 0.6 is 11.6 Å². The third-order valence-corrected chi connectivity index (χ3v) is 3.68. The fourth-order valence-electron chi connectivity index (χ4n) is 2.20. The highest BCUT2D eigenvalue weighted by molar-refractivity contribution is 6.31. The summed E-state index contributed by atoms with van der Waals surface area (Å²) in [5.41, 5.74) is 1.27. The number of carbonyl (C=O) groups excluding carboxylic acids is 2. The standard InChI is InChI=1S/C20H14ClNO3/c21-16-11-12-17(22-19(23)14-7-3-1-4-8-14)18(13-16)25-20(24)15-9-5-2-6-10-15/h1-13H,(H,22,23).